The Bertz CT molecular complexity index is 1710. The lowest BCUT2D eigenvalue weighted by Crippen LogP contribution is -2.57. The van der Waals surface area contributed by atoms with Crippen molar-refractivity contribution in [3.05, 3.63) is 68.4 Å². The average molecular weight is 589 g/mol. The van der Waals surface area contributed by atoms with E-state index in [1.54, 1.807) is 20.8 Å². The van der Waals surface area contributed by atoms with Crippen molar-refractivity contribution < 1.29 is 24.1 Å². The Kier molecular flexibility index (Phi) is 8.21. The lowest BCUT2D eigenvalue weighted by molar-refractivity contribution is -0.129. The van der Waals surface area contributed by atoms with Gasteiger partial charge in [0.25, 0.3) is 5.56 Å². The van der Waals surface area contributed by atoms with E-state index in [1.807, 2.05) is 0 Å². The number of fused-ring (bicyclic) bond motifs is 1. The van der Waals surface area contributed by atoms with Crippen molar-refractivity contribution in [2.24, 2.45) is 0 Å². The second kappa shape index (κ2) is 11.2. The fourth-order valence-corrected chi connectivity index (χ4v) is 6.02. The maximum atomic E-state index is 14.4. The van der Waals surface area contributed by atoms with Crippen LogP contribution in [0, 0.1) is 12.7 Å². The van der Waals surface area contributed by atoms with Crippen LogP contribution in [0.1, 0.15) is 45.2 Å². The topological polar surface area (TPSA) is 154 Å². The minimum absolute atomic E-state index is 0.00547. The Morgan fingerprint density at radius 3 is 2.46 bits per heavy atom. The molecule has 3 aromatic heterocycles. The van der Waals surface area contributed by atoms with E-state index in [9.17, 15) is 29.0 Å². The summed E-state index contributed by atoms with van der Waals surface area (Å²) in [6.07, 6.45) is 2.63. The van der Waals surface area contributed by atoms with Crippen LogP contribution in [0.25, 0.3) is 15.2 Å². The molecule has 0 aliphatic rings. The summed E-state index contributed by atoms with van der Waals surface area (Å²) < 4.78 is 21.8. The molecule has 0 bridgehead atoms. The fraction of sp³-hybridized carbons (Fsp3) is 0.444. The van der Waals surface area contributed by atoms with Crippen molar-refractivity contribution in [2.75, 3.05) is 13.7 Å². The number of methoxy groups -OCH3 is 1. The molecule has 0 saturated carbocycles. The lowest BCUT2D eigenvalue weighted by Gasteiger charge is -2.32. The van der Waals surface area contributed by atoms with E-state index in [1.165, 1.54) is 48.8 Å². The van der Waals surface area contributed by atoms with E-state index in [2.05, 4.69) is 15.5 Å². The van der Waals surface area contributed by atoms with E-state index >= 15 is 0 Å². The summed E-state index contributed by atoms with van der Waals surface area (Å²) in [7, 11) is 1.35. The highest BCUT2D eigenvalue weighted by Crippen LogP contribution is 2.37. The number of hydrogen-bond donors (Lipinski definition) is 3. The highest BCUT2D eigenvalue weighted by Gasteiger charge is 2.39. The van der Waals surface area contributed by atoms with Crippen LogP contribution in [0.5, 0.6) is 5.75 Å². The van der Waals surface area contributed by atoms with Crippen molar-refractivity contribution in [2.45, 2.75) is 64.8 Å². The van der Waals surface area contributed by atoms with Crippen LogP contribution in [-0.2, 0) is 22.5 Å². The van der Waals surface area contributed by atoms with Gasteiger partial charge in [-0.25, -0.2) is 13.8 Å². The molecule has 1 unspecified atom stereocenters. The van der Waals surface area contributed by atoms with E-state index in [0.717, 1.165) is 28.0 Å². The molecule has 12 nitrogen and oxygen atoms in total. The molecule has 0 aliphatic carbocycles. The second-order valence-corrected chi connectivity index (χ2v) is 11.6. The molecule has 220 valence electrons. The number of carbonyl (C=O) groups excluding carboxylic acids is 1. The average Bonchev–Trinajstić information content (AvgIpc) is 3.54. The molecule has 1 atom stereocenters. The summed E-state index contributed by atoms with van der Waals surface area (Å²) in [5.74, 6) is -1.08. The Hall–Kier alpha value is -3.88. The third kappa shape index (κ3) is 5.29. The Morgan fingerprint density at radius 2 is 1.88 bits per heavy atom. The van der Waals surface area contributed by atoms with Gasteiger partial charge in [0.05, 0.1) is 31.4 Å². The number of halogens is 1. The molecule has 14 heteroatoms. The van der Waals surface area contributed by atoms with Crippen LogP contribution in [0.3, 0.4) is 0 Å². The van der Waals surface area contributed by atoms with Crippen LogP contribution in [0.2, 0.25) is 0 Å². The third-order valence-electron chi connectivity index (χ3n) is 6.93. The number of carbonyl (C=O) groups is 1. The van der Waals surface area contributed by atoms with E-state index in [4.69, 9.17) is 4.74 Å². The highest BCUT2D eigenvalue weighted by atomic mass is 32.1. The number of amides is 1. The predicted molar refractivity (Wildman–Crippen MR) is 151 cm³/mol. The first-order chi connectivity index (χ1) is 19.3. The van der Waals surface area contributed by atoms with Gasteiger partial charge in [-0.15, -0.1) is 4.80 Å². The highest BCUT2D eigenvalue weighted by molar-refractivity contribution is 7.21. The van der Waals surface area contributed by atoms with Gasteiger partial charge in [0.2, 0.25) is 5.91 Å². The summed E-state index contributed by atoms with van der Waals surface area (Å²) in [4.78, 5) is 43.0. The predicted octanol–water partition coefficient (Wildman–Crippen LogP) is 1.79. The molecule has 0 aliphatic heterocycles. The molecule has 41 heavy (non-hydrogen) atoms. The number of hydrogen-bond acceptors (Lipinski definition) is 9. The lowest BCUT2D eigenvalue weighted by atomic mass is 9.89. The zero-order valence-corrected chi connectivity index (χ0v) is 24.5. The molecule has 4 aromatic rings. The van der Waals surface area contributed by atoms with E-state index in [0.29, 0.717) is 10.6 Å². The Balaban J connectivity index is 2.09. The molecule has 1 amide bonds. The van der Waals surface area contributed by atoms with Gasteiger partial charge in [-0.2, -0.15) is 10.2 Å². The van der Waals surface area contributed by atoms with Gasteiger partial charge in [0, 0.05) is 30.2 Å². The van der Waals surface area contributed by atoms with Crippen molar-refractivity contribution in [3.8, 4) is 10.8 Å². The molecular weight excluding hydrogens is 555 g/mol. The zero-order valence-electron chi connectivity index (χ0n) is 23.6. The normalized spacial score (nSPS) is 13.5. The van der Waals surface area contributed by atoms with Crippen LogP contribution < -0.4 is 21.3 Å². The number of nitrogens with one attached hydrogen (secondary N) is 1. The number of thiophene rings is 1. The first-order valence-electron chi connectivity index (χ1n) is 12.9. The number of aliphatic hydroxyl groups is 2. The maximum absolute atomic E-state index is 14.4. The van der Waals surface area contributed by atoms with Gasteiger partial charge in [-0.3, -0.25) is 14.2 Å². The smallest absolute Gasteiger partial charge is 0.333 e. The Morgan fingerprint density at radius 1 is 1.22 bits per heavy atom. The summed E-state index contributed by atoms with van der Waals surface area (Å²) >= 11 is 1.05. The monoisotopic (exact) mass is 588 g/mol. The number of ether oxygens (including phenoxy) is 1. The van der Waals surface area contributed by atoms with Gasteiger partial charge in [0.1, 0.15) is 32.5 Å². The van der Waals surface area contributed by atoms with Crippen molar-refractivity contribution in [3.63, 3.8) is 0 Å². The standard InChI is InChI=1S/C27H33FN6O6S/c1-15(2)31-24(37)26(4,5)33-21(36)20-16(3)22(34-29-10-11-30-34)41-23(20)32(25(33)38)14-27(39,9-12-35)18-13-17(28)7-8-19(18)40-6/h7-8,10-11,13,15,35,39H,9,12,14H2,1-6H3,(H,31,37). The van der Waals surface area contributed by atoms with Crippen LogP contribution >= 0.6 is 11.3 Å². The molecule has 0 fully saturated rings. The third-order valence-corrected chi connectivity index (χ3v) is 8.21. The molecular formula is C27H33FN6O6S. The molecule has 0 saturated heterocycles. The quantitative estimate of drug-likeness (QED) is 0.254. The second-order valence-electron chi connectivity index (χ2n) is 10.6. The zero-order chi connectivity index (χ0) is 30.3. The first kappa shape index (κ1) is 30.1. The summed E-state index contributed by atoms with van der Waals surface area (Å²) in [6.45, 7) is 7.08. The Labute approximate surface area is 238 Å². The molecule has 1 aromatic carbocycles. The van der Waals surface area contributed by atoms with Crippen LogP contribution in [0.4, 0.5) is 4.39 Å². The van der Waals surface area contributed by atoms with E-state index < -0.39 is 47.3 Å². The largest absolute Gasteiger partial charge is 0.496 e. The molecule has 0 radical (unpaired) electrons. The first-order valence-corrected chi connectivity index (χ1v) is 13.7. The maximum Gasteiger partial charge on any atom is 0.333 e. The summed E-state index contributed by atoms with van der Waals surface area (Å²) in [5, 5.41) is 33.5. The summed E-state index contributed by atoms with van der Waals surface area (Å²) in [6, 6.07) is 3.31. The number of nitrogens with zero attached hydrogens (tertiary/aromatic N) is 5. The number of benzene rings is 1. The van der Waals surface area contributed by atoms with Gasteiger partial charge >= 0.3 is 5.69 Å². The number of aromatic nitrogens is 5. The minimum atomic E-state index is -2.02. The number of aryl methyl sites for hydroxylation is 1. The molecule has 3 heterocycles. The van der Waals surface area contributed by atoms with Crippen LogP contribution in [0.15, 0.2) is 40.2 Å². The summed E-state index contributed by atoms with van der Waals surface area (Å²) in [5.41, 5.74) is -4.77. The van der Waals surface area contributed by atoms with Crippen molar-refractivity contribution >= 4 is 27.5 Å². The van der Waals surface area contributed by atoms with Crippen molar-refractivity contribution in [1.29, 1.82) is 0 Å². The minimum Gasteiger partial charge on any atom is -0.496 e. The van der Waals surface area contributed by atoms with Crippen LogP contribution in [-0.4, -0.2) is 60.0 Å². The molecule has 0 spiro atoms. The van der Waals surface area contributed by atoms with Gasteiger partial charge in [-0.1, -0.05) is 11.3 Å². The van der Waals surface area contributed by atoms with E-state index in [-0.39, 0.29) is 34.0 Å². The molecule has 4 rings (SSSR count). The van der Waals surface area contributed by atoms with Crippen molar-refractivity contribution in [1.82, 2.24) is 29.4 Å². The SMILES string of the molecule is COc1ccc(F)cc1C(O)(CCO)Cn1c(=O)n(C(C)(C)C(=O)NC(C)C)c(=O)c2c(C)c(-n3nccn3)sc21. The van der Waals surface area contributed by atoms with Gasteiger partial charge in [-0.05, 0) is 52.8 Å². The fourth-order valence-electron chi connectivity index (χ4n) is 4.81. The number of rotatable bonds is 10. The van der Waals surface area contributed by atoms with Gasteiger partial charge < -0.3 is 20.3 Å². The molecule has 3 N–H and O–H groups in total. The number of aliphatic hydroxyl groups excluding tert-OH is 1. The van der Waals surface area contributed by atoms with Gasteiger partial charge in [0.15, 0.2) is 0 Å².